The molecule has 23 heavy (non-hydrogen) atoms. The Morgan fingerprint density at radius 2 is 2.00 bits per heavy atom. The second-order valence-corrected chi connectivity index (χ2v) is 6.83. The summed E-state index contributed by atoms with van der Waals surface area (Å²) in [6.07, 6.45) is 0.634. The minimum absolute atomic E-state index is 0.0383. The molecule has 1 atom stereocenters. The van der Waals surface area contributed by atoms with Crippen molar-refractivity contribution in [2.24, 2.45) is 0 Å². The fourth-order valence-electron chi connectivity index (χ4n) is 3.41. The van der Waals surface area contributed by atoms with Gasteiger partial charge in [-0.3, -0.25) is 4.79 Å². The summed E-state index contributed by atoms with van der Waals surface area (Å²) >= 11 is 3.39. The molecule has 5 heteroatoms. The largest absolute Gasteiger partial charge is 0.449 e. The molecule has 2 heterocycles. The van der Waals surface area contributed by atoms with Crippen molar-refractivity contribution in [3.05, 3.63) is 69.7 Å². The molecule has 1 fully saturated rings. The van der Waals surface area contributed by atoms with E-state index in [4.69, 9.17) is 4.74 Å². The third-order valence-corrected chi connectivity index (χ3v) is 5.01. The Morgan fingerprint density at radius 3 is 2.83 bits per heavy atom. The monoisotopic (exact) mass is 371 g/mol. The SMILES string of the molecule is O=C1O[C@]2(CCN(C(=O)c3cccc(Br)c3)C2)c2ccccc21. The van der Waals surface area contributed by atoms with Crippen molar-refractivity contribution in [3.8, 4) is 0 Å². The fraction of sp³-hybridized carbons (Fsp3) is 0.222. The Morgan fingerprint density at radius 1 is 1.17 bits per heavy atom. The van der Waals surface area contributed by atoms with Crippen LogP contribution >= 0.6 is 15.9 Å². The van der Waals surface area contributed by atoms with Gasteiger partial charge in [0, 0.05) is 28.6 Å². The Labute approximate surface area is 142 Å². The zero-order valence-corrected chi connectivity index (χ0v) is 13.9. The number of amides is 1. The molecule has 1 amide bonds. The van der Waals surface area contributed by atoms with Crippen LogP contribution in [0.2, 0.25) is 0 Å². The van der Waals surface area contributed by atoms with Gasteiger partial charge in [-0.25, -0.2) is 4.79 Å². The number of rotatable bonds is 1. The predicted octanol–water partition coefficient (Wildman–Crippen LogP) is 3.36. The van der Waals surface area contributed by atoms with Gasteiger partial charge in [-0.2, -0.15) is 0 Å². The predicted molar refractivity (Wildman–Crippen MR) is 88.2 cm³/mol. The van der Waals surface area contributed by atoms with Crippen LogP contribution < -0.4 is 0 Å². The molecular formula is C18H14BrNO3. The van der Waals surface area contributed by atoms with E-state index in [9.17, 15) is 9.59 Å². The number of ether oxygens (including phenoxy) is 1. The number of hydrogen-bond donors (Lipinski definition) is 0. The van der Waals surface area contributed by atoms with Crippen LogP contribution in [0, 0.1) is 0 Å². The highest BCUT2D eigenvalue weighted by atomic mass is 79.9. The molecule has 0 N–H and O–H groups in total. The van der Waals surface area contributed by atoms with Gasteiger partial charge < -0.3 is 9.64 Å². The zero-order valence-electron chi connectivity index (χ0n) is 12.3. The lowest BCUT2D eigenvalue weighted by atomic mass is 9.91. The molecule has 2 aliphatic rings. The molecule has 2 aromatic rings. The van der Waals surface area contributed by atoms with Crippen molar-refractivity contribution in [3.63, 3.8) is 0 Å². The highest BCUT2D eigenvalue weighted by Crippen LogP contribution is 2.43. The first kappa shape index (κ1) is 14.5. The van der Waals surface area contributed by atoms with E-state index in [1.807, 2.05) is 36.4 Å². The Kier molecular flexibility index (Phi) is 3.27. The molecule has 1 saturated heterocycles. The highest BCUT2D eigenvalue weighted by molar-refractivity contribution is 9.10. The number of nitrogens with zero attached hydrogens (tertiary/aromatic N) is 1. The van der Waals surface area contributed by atoms with Gasteiger partial charge in [0.25, 0.3) is 5.91 Å². The van der Waals surface area contributed by atoms with Crippen molar-refractivity contribution in [2.45, 2.75) is 12.0 Å². The summed E-state index contributed by atoms with van der Waals surface area (Å²) in [5, 5.41) is 0. The molecular weight excluding hydrogens is 358 g/mol. The van der Waals surface area contributed by atoms with Crippen LogP contribution in [0.1, 0.15) is 32.7 Å². The fourth-order valence-corrected chi connectivity index (χ4v) is 3.81. The summed E-state index contributed by atoms with van der Waals surface area (Å²) < 4.78 is 6.55. The summed E-state index contributed by atoms with van der Waals surface area (Å²) in [4.78, 5) is 26.5. The number of esters is 1. The van der Waals surface area contributed by atoms with Gasteiger partial charge in [-0.1, -0.05) is 40.2 Å². The van der Waals surface area contributed by atoms with Crippen LogP contribution in [0.25, 0.3) is 0 Å². The summed E-state index contributed by atoms with van der Waals surface area (Å²) in [5.74, 6) is -0.332. The molecule has 0 radical (unpaired) electrons. The average molecular weight is 372 g/mol. The number of benzene rings is 2. The first-order valence-corrected chi connectivity index (χ1v) is 8.26. The van der Waals surface area contributed by atoms with Crippen molar-refractivity contribution < 1.29 is 14.3 Å². The van der Waals surface area contributed by atoms with Crippen molar-refractivity contribution in [1.29, 1.82) is 0 Å². The normalized spacial score (nSPS) is 22.3. The maximum Gasteiger partial charge on any atom is 0.339 e. The molecule has 4 nitrogen and oxygen atoms in total. The molecule has 4 rings (SSSR count). The van der Waals surface area contributed by atoms with Gasteiger partial charge in [0.05, 0.1) is 12.1 Å². The Bertz CT molecular complexity index is 819. The molecule has 2 aromatic carbocycles. The minimum atomic E-state index is -0.685. The van der Waals surface area contributed by atoms with Gasteiger partial charge in [-0.05, 0) is 24.3 Å². The van der Waals surface area contributed by atoms with Crippen LogP contribution in [0.15, 0.2) is 53.0 Å². The maximum absolute atomic E-state index is 12.7. The summed E-state index contributed by atoms with van der Waals surface area (Å²) in [7, 11) is 0. The van der Waals surface area contributed by atoms with Crippen LogP contribution in [0.5, 0.6) is 0 Å². The van der Waals surface area contributed by atoms with Crippen molar-refractivity contribution in [2.75, 3.05) is 13.1 Å². The highest BCUT2D eigenvalue weighted by Gasteiger charge is 2.50. The van der Waals surface area contributed by atoms with Gasteiger partial charge in [0.2, 0.25) is 0 Å². The van der Waals surface area contributed by atoms with Gasteiger partial charge >= 0.3 is 5.97 Å². The molecule has 0 aromatic heterocycles. The maximum atomic E-state index is 12.7. The third-order valence-electron chi connectivity index (χ3n) is 4.52. The van der Waals surface area contributed by atoms with E-state index in [-0.39, 0.29) is 11.9 Å². The second-order valence-electron chi connectivity index (χ2n) is 5.92. The van der Waals surface area contributed by atoms with E-state index < -0.39 is 5.60 Å². The lowest BCUT2D eigenvalue weighted by molar-refractivity contribution is -0.00306. The standard InChI is InChI=1S/C18H14BrNO3/c19-13-5-3-4-12(10-13)16(21)20-9-8-18(11-20)15-7-2-1-6-14(15)17(22)23-18/h1-7,10H,8-9,11H2/t18-/m0/s1. The van der Waals surface area contributed by atoms with E-state index in [0.29, 0.717) is 30.6 Å². The van der Waals surface area contributed by atoms with E-state index >= 15 is 0 Å². The number of halogens is 1. The first-order valence-electron chi connectivity index (χ1n) is 7.47. The topological polar surface area (TPSA) is 46.6 Å². The Balaban J connectivity index is 1.63. The minimum Gasteiger partial charge on any atom is -0.449 e. The van der Waals surface area contributed by atoms with Crippen LogP contribution in [0.4, 0.5) is 0 Å². The molecule has 0 bridgehead atoms. The smallest absolute Gasteiger partial charge is 0.339 e. The Hall–Kier alpha value is -2.14. The van der Waals surface area contributed by atoms with E-state index in [1.54, 1.807) is 17.0 Å². The molecule has 2 aliphatic heterocycles. The molecule has 0 aliphatic carbocycles. The first-order chi connectivity index (χ1) is 11.1. The van der Waals surface area contributed by atoms with E-state index in [1.165, 1.54) is 0 Å². The lowest BCUT2D eigenvalue weighted by Gasteiger charge is -2.24. The third kappa shape index (κ3) is 2.27. The summed E-state index contributed by atoms with van der Waals surface area (Å²) in [5.41, 5.74) is 1.46. The number of hydrogen-bond acceptors (Lipinski definition) is 3. The summed E-state index contributed by atoms with van der Waals surface area (Å²) in [6.45, 7) is 0.980. The van der Waals surface area contributed by atoms with E-state index in [2.05, 4.69) is 15.9 Å². The van der Waals surface area contributed by atoms with Gasteiger partial charge in [0.1, 0.15) is 0 Å². The van der Waals surface area contributed by atoms with Crippen molar-refractivity contribution in [1.82, 2.24) is 4.90 Å². The zero-order chi connectivity index (χ0) is 16.0. The van der Waals surface area contributed by atoms with Crippen molar-refractivity contribution >= 4 is 27.8 Å². The lowest BCUT2D eigenvalue weighted by Crippen LogP contribution is -2.34. The molecule has 116 valence electrons. The number of likely N-dealkylation sites (tertiary alicyclic amines) is 1. The summed E-state index contributed by atoms with van der Waals surface area (Å²) in [6, 6.07) is 14.8. The molecule has 0 saturated carbocycles. The second kappa shape index (κ2) is 5.20. The van der Waals surface area contributed by atoms with Gasteiger partial charge in [0.15, 0.2) is 5.60 Å². The number of fused-ring (bicyclic) bond motifs is 2. The molecule has 1 spiro atoms. The van der Waals surface area contributed by atoms with Crippen LogP contribution in [-0.4, -0.2) is 29.9 Å². The average Bonchev–Trinajstić information content (AvgIpc) is 3.10. The number of carbonyl (C=O) groups excluding carboxylic acids is 2. The van der Waals surface area contributed by atoms with Crippen LogP contribution in [0.3, 0.4) is 0 Å². The van der Waals surface area contributed by atoms with Gasteiger partial charge in [-0.15, -0.1) is 0 Å². The van der Waals surface area contributed by atoms with E-state index in [0.717, 1.165) is 10.0 Å². The quantitative estimate of drug-likeness (QED) is 0.722. The van der Waals surface area contributed by atoms with Crippen LogP contribution in [-0.2, 0) is 10.3 Å². The number of carbonyl (C=O) groups is 2. The molecule has 0 unspecified atom stereocenters.